The minimum absolute atomic E-state index is 0.0202. The SMILES string of the molecule is CCNC(=O)C1CCC(CN2C(=O)CC(SC[C@H](N)C(=O)CCCOCCOCC(C)=O)C2=O)CC1. The van der Waals surface area contributed by atoms with Crippen molar-refractivity contribution in [1.29, 1.82) is 0 Å². The lowest BCUT2D eigenvalue weighted by atomic mass is 9.81. The maximum absolute atomic E-state index is 12.8. The van der Waals surface area contributed by atoms with Crippen molar-refractivity contribution < 1.29 is 33.4 Å². The second kappa shape index (κ2) is 16.1. The van der Waals surface area contributed by atoms with Gasteiger partial charge in [0.05, 0.1) is 24.5 Å². The van der Waals surface area contributed by atoms with E-state index in [4.69, 9.17) is 15.2 Å². The first kappa shape index (κ1) is 30.4. The normalized spacial score (nSPS) is 23.1. The number of imide groups is 1. The van der Waals surface area contributed by atoms with Gasteiger partial charge >= 0.3 is 0 Å². The number of rotatable bonds is 17. The fraction of sp³-hybridized carbons (Fsp3) is 0.800. The van der Waals surface area contributed by atoms with Gasteiger partial charge in [-0.1, -0.05) is 0 Å². The molecule has 3 N–H and O–H groups in total. The Balaban J connectivity index is 1.62. The largest absolute Gasteiger partial charge is 0.379 e. The van der Waals surface area contributed by atoms with Crippen molar-refractivity contribution in [2.24, 2.45) is 17.6 Å². The number of hydrogen-bond donors (Lipinski definition) is 2. The first-order valence-electron chi connectivity index (χ1n) is 12.9. The molecule has 0 aromatic carbocycles. The summed E-state index contributed by atoms with van der Waals surface area (Å²) >= 11 is 1.28. The minimum atomic E-state index is -0.699. The fourth-order valence-corrected chi connectivity index (χ4v) is 5.60. The van der Waals surface area contributed by atoms with Gasteiger partial charge in [0.25, 0.3) is 0 Å². The summed E-state index contributed by atoms with van der Waals surface area (Å²) in [5.74, 6) is 0.106. The van der Waals surface area contributed by atoms with Crippen LogP contribution in [0.1, 0.15) is 58.8 Å². The highest BCUT2D eigenvalue weighted by Gasteiger charge is 2.40. The average molecular weight is 528 g/mol. The second-order valence-corrected chi connectivity index (χ2v) is 10.8. The van der Waals surface area contributed by atoms with Crippen LogP contribution in [-0.2, 0) is 33.4 Å². The maximum atomic E-state index is 12.8. The number of nitrogens with two attached hydrogens (primary N) is 1. The number of ether oxygens (including phenoxy) is 2. The van der Waals surface area contributed by atoms with Crippen molar-refractivity contribution in [1.82, 2.24) is 10.2 Å². The van der Waals surface area contributed by atoms with E-state index < -0.39 is 11.3 Å². The Morgan fingerprint density at radius 3 is 2.47 bits per heavy atom. The molecule has 10 nitrogen and oxygen atoms in total. The molecule has 11 heteroatoms. The summed E-state index contributed by atoms with van der Waals surface area (Å²) in [7, 11) is 0. The number of ketones is 2. The lowest BCUT2D eigenvalue weighted by Crippen LogP contribution is -2.39. The number of nitrogens with zero attached hydrogens (tertiary/aromatic N) is 1. The molecular weight excluding hydrogens is 486 g/mol. The van der Waals surface area contributed by atoms with Crippen molar-refractivity contribution >= 4 is 41.0 Å². The number of amides is 3. The molecule has 1 aliphatic heterocycles. The first-order chi connectivity index (χ1) is 17.2. The van der Waals surface area contributed by atoms with Crippen LogP contribution in [0.3, 0.4) is 0 Å². The van der Waals surface area contributed by atoms with Crippen LogP contribution < -0.4 is 11.1 Å². The zero-order valence-corrected chi connectivity index (χ0v) is 22.3. The van der Waals surface area contributed by atoms with E-state index in [0.29, 0.717) is 39.3 Å². The Labute approximate surface area is 217 Å². The zero-order valence-electron chi connectivity index (χ0n) is 21.5. The Kier molecular flexibility index (Phi) is 13.6. The molecule has 0 aromatic rings. The smallest absolute Gasteiger partial charge is 0.242 e. The van der Waals surface area contributed by atoms with Crippen LogP contribution in [0, 0.1) is 11.8 Å². The van der Waals surface area contributed by atoms with Crippen molar-refractivity contribution in [2.45, 2.75) is 70.1 Å². The van der Waals surface area contributed by atoms with Gasteiger partial charge in [-0.25, -0.2) is 0 Å². The molecular formula is C25H41N3O7S. The molecule has 0 radical (unpaired) electrons. The van der Waals surface area contributed by atoms with E-state index in [1.54, 1.807) is 0 Å². The van der Waals surface area contributed by atoms with Gasteiger partial charge in [-0.05, 0) is 51.9 Å². The quantitative estimate of drug-likeness (QED) is 0.210. The van der Waals surface area contributed by atoms with Gasteiger partial charge in [0.2, 0.25) is 17.7 Å². The van der Waals surface area contributed by atoms with E-state index in [1.807, 2.05) is 6.92 Å². The summed E-state index contributed by atoms with van der Waals surface area (Å²) < 4.78 is 10.5. The van der Waals surface area contributed by atoms with Gasteiger partial charge in [-0.2, -0.15) is 0 Å². The molecule has 2 rings (SSSR count). The fourth-order valence-electron chi connectivity index (χ4n) is 4.44. The van der Waals surface area contributed by atoms with E-state index in [0.717, 1.165) is 25.7 Å². The van der Waals surface area contributed by atoms with E-state index in [1.165, 1.54) is 23.6 Å². The summed E-state index contributed by atoms with van der Waals surface area (Å²) in [6.07, 6.45) is 4.15. The maximum Gasteiger partial charge on any atom is 0.242 e. The number of thioether (sulfide) groups is 1. The van der Waals surface area contributed by atoms with Crippen LogP contribution in [0.5, 0.6) is 0 Å². The Morgan fingerprint density at radius 1 is 1.11 bits per heavy atom. The van der Waals surface area contributed by atoms with Crippen LogP contribution in [0.4, 0.5) is 0 Å². The van der Waals surface area contributed by atoms with Gasteiger partial charge in [-0.3, -0.25) is 28.9 Å². The lowest BCUT2D eigenvalue weighted by Gasteiger charge is -2.30. The van der Waals surface area contributed by atoms with Gasteiger partial charge in [0, 0.05) is 44.2 Å². The van der Waals surface area contributed by atoms with E-state index >= 15 is 0 Å². The molecule has 1 saturated heterocycles. The monoisotopic (exact) mass is 527 g/mol. The predicted octanol–water partition coefficient (Wildman–Crippen LogP) is 1.09. The van der Waals surface area contributed by atoms with Crippen LogP contribution in [-0.4, -0.2) is 90.7 Å². The van der Waals surface area contributed by atoms with Crippen LogP contribution in [0.25, 0.3) is 0 Å². The summed E-state index contributed by atoms with van der Waals surface area (Å²) in [6, 6.07) is -0.699. The number of carbonyl (C=O) groups excluding carboxylic acids is 5. The molecule has 3 amide bonds. The number of nitrogens with one attached hydrogen (secondary N) is 1. The van der Waals surface area contributed by atoms with Crippen LogP contribution >= 0.6 is 11.8 Å². The van der Waals surface area contributed by atoms with Gasteiger partial charge < -0.3 is 20.5 Å². The van der Waals surface area contributed by atoms with Crippen LogP contribution in [0.2, 0.25) is 0 Å². The first-order valence-corrected chi connectivity index (χ1v) is 13.9. The Hall–Kier alpha value is -1.82. The number of likely N-dealkylation sites (tertiary alicyclic amines) is 1. The van der Waals surface area contributed by atoms with Crippen molar-refractivity contribution in [3.05, 3.63) is 0 Å². The van der Waals surface area contributed by atoms with Crippen molar-refractivity contribution in [3.63, 3.8) is 0 Å². The topological polar surface area (TPSA) is 145 Å². The Morgan fingerprint density at radius 2 is 1.81 bits per heavy atom. The van der Waals surface area contributed by atoms with Crippen molar-refractivity contribution in [2.75, 3.05) is 45.3 Å². The molecule has 0 aromatic heterocycles. The van der Waals surface area contributed by atoms with E-state index in [-0.39, 0.29) is 66.3 Å². The number of Topliss-reactive ketones (excluding diaryl/α,β-unsaturated/α-hetero) is 2. The molecule has 36 heavy (non-hydrogen) atoms. The molecule has 2 aliphatic rings. The van der Waals surface area contributed by atoms with Gasteiger partial charge in [0.1, 0.15) is 12.4 Å². The summed E-state index contributed by atoms with van der Waals surface area (Å²) in [4.78, 5) is 61.8. The molecule has 1 unspecified atom stereocenters. The lowest BCUT2D eigenvalue weighted by molar-refractivity contribution is -0.139. The zero-order chi connectivity index (χ0) is 26.5. The molecule has 1 aliphatic carbocycles. The molecule has 1 heterocycles. The third-order valence-electron chi connectivity index (χ3n) is 6.49. The molecule has 2 fully saturated rings. The number of hydrogen-bond acceptors (Lipinski definition) is 9. The highest BCUT2D eigenvalue weighted by molar-refractivity contribution is 8.00. The van der Waals surface area contributed by atoms with Crippen LogP contribution in [0.15, 0.2) is 0 Å². The molecule has 0 spiro atoms. The standard InChI is InChI=1S/C25H41N3O7S/c1-3-27-24(32)19-8-6-18(7-9-19)14-28-23(31)13-22(25(28)33)36-16-20(26)21(30)5-4-10-34-11-12-35-15-17(2)29/h18-20,22H,3-16,26H2,1-2H3,(H,27,32)/t18?,19?,20-,22?/m0/s1. The molecule has 1 saturated carbocycles. The second-order valence-electron chi connectivity index (χ2n) is 9.52. The highest BCUT2D eigenvalue weighted by Crippen LogP contribution is 2.32. The highest BCUT2D eigenvalue weighted by atomic mass is 32.2. The van der Waals surface area contributed by atoms with Gasteiger partial charge in [-0.15, -0.1) is 11.8 Å². The Bertz CT molecular complexity index is 771. The average Bonchev–Trinajstić information content (AvgIpc) is 3.11. The molecule has 0 bridgehead atoms. The third kappa shape index (κ3) is 10.3. The van der Waals surface area contributed by atoms with Gasteiger partial charge in [0.15, 0.2) is 5.78 Å². The van der Waals surface area contributed by atoms with Crippen molar-refractivity contribution in [3.8, 4) is 0 Å². The number of carbonyl (C=O) groups is 5. The summed E-state index contributed by atoms with van der Waals surface area (Å²) in [6.45, 7) is 5.53. The third-order valence-corrected chi connectivity index (χ3v) is 7.81. The minimum Gasteiger partial charge on any atom is -0.379 e. The molecule has 204 valence electrons. The van der Waals surface area contributed by atoms with E-state index in [2.05, 4.69) is 5.32 Å². The predicted molar refractivity (Wildman–Crippen MR) is 136 cm³/mol. The molecule has 2 atom stereocenters. The summed E-state index contributed by atoms with van der Waals surface area (Å²) in [5, 5.41) is 2.37. The summed E-state index contributed by atoms with van der Waals surface area (Å²) in [5.41, 5.74) is 6.02. The van der Waals surface area contributed by atoms with E-state index in [9.17, 15) is 24.0 Å².